The number of hydrogen-bond acceptors (Lipinski definition) is 0. The van der Waals surface area contributed by atoms with Gasteiger partial charge in [-0.05, 0) is 16.8 Å². The maximum absolute atomic E-state index is 7.37. The van der Waals surface area contributed by atoms with Crippen LogP contribution in [0.1, 0.15) is 0 Å². The maximum atomic E-state index is 7.37. The molecule has 2 aromatic carbocycles. The maximum Gasteiger partial charge on any atom is 0.948 e. The molecule has 2 aromatic rings. The smallest absolute Gasteiger partial charge is 0.470 e. The molecule has 0 radical (unpaired) electrons. The van der Waals surface area contributed by atoms with Gasteiger partial charge in [-0.2, -0.15) is 0 Å². The molecule has 0 unspecified atom stereocenters. The molecule has 0 saturated carbocycles. The predicted octanol–water partition coefficient (Wildman–Crippen LogP) is -0.0158. The van der Waals surface area contributed by atoms with Crippen molar-refractivity contribution in [3.63, 3.8) is 0 Å². The zero-order chi connectivity index (χ0) is 9.26. The van der Waals surface area contributed by atoms with Crippen molar-refractivity contribution >= 4 is 23.4 Å². The topological polar surface area (TPSA) is 45.8 Å². The summed E-state index contributed by atoms with van der Waals surface area (Å²) in [5, 5.41) is 16.9. The fourth-order valence-corrected chi connectivity index (χ4v) is 1.50. The highest BCUT2D eigenvalue weighted by Gasteiger charge is 2.35. The Morgan fingerprint density at radius 1 is 0.846 bits per heavy atom. The van der Waals surface area contributed by atoms with Crippen LogP contribution in [-0.4, -0.2) is 17.2 Å². The van der Waals surface area contributed by atoms with Gasteiger partial charge in [0.1, 0.15) is 5.46 Å². The number of hydrogen-bond donors (Lipinski definition) is 0. The van der Waals surface area contributed by atoms with Crippen LogP contribution in [0.4, 0.5) is 0 Å². The molecule has 0 aromatic heterocycles. The number of rotatable bonds is 1. The van der Waals surface area contributed by atoms with Crippen LogP contribution < -0.4 is 5.46 Å². The van der Waals surface area contributed by atoms with Crippen LogP contribution in [0.3, 0.4) is 0 Å². The Bertz CT molecular complexity index is 421. The van der Waals surface area contributed by atoms with E-state index in [-0.39, 0.29) is 0 Å². The molecule has 0 saturated heterocycles. The van der Waals surface area contributed by atoms with E-state index in [2.05, 4.69) is 0 Å². The number of fused-ring (bicyclic) bond motifs is 1. The average molecular weight is 174 g/mol. The van der Waals surface area contributed by atoms with Crippen molar-refractivity contribution in [1.29, 1.82) is 0 Å². The van der Waals surface area contributed by atoms with Crippen molar-refractivity contribution in [2.45, 2.75) is 0 Å². The molecule has 0 aliphatic carbocycles. The highest BCUT2D eigenvalue weighted by Crippen LogP contribution is 2.10. The van der Waals surface area contributed by atoms with E-state index in [1.807, 2.05) is 42.5 Å². The molecule has 0 aliphatic rings. The first kappa shape index (κ1) is 8.29. The highest BCUT2D eigenvalue weighted by atomic mass is 16.4. The van der Waals surface area contributed by atoms with Gasteiger partial charge in [-0.3, -0.25) is 0 Å². The average Bonchev–Trinajstić information content (AvgIpc) is 2.17. The first-order chi connectivity index (χ1) is 6.29. The molecule has 4 N–H and O–H groups in total. The van der Waals surface area contributed by atoms with E-state index in [0.717, 1.165) is 16.2 Å². The Labute approximate surface area is 76.6 Å². The molecular weight excluding hydrogens is 163 g/mol. The van der Waals surface area contributed by atoms with Crippen molar-refractivity contribution < 1.29 is 10.0 Å². The highest BCUT2D eigenvalue weighted by molar-refractivity contribution is 6.61. The molecule has 0 atom stereocenters. The van der Waals surface area contributed by atoms with Crippen LogP contribution in [0.25, 0.3) is 10.8 Å². The fraction of sp³-hybridized carbons (Fsp3) is 0. The van der Waals surface area contributed by atoms with Crippen molar-refractivity contribution in [3.8, 4) is 0 Å². The first-order valence-corrected chi connectivity index (χ1v) is 4.19. The normalized spacial score (nSPS) is 10.3. The van der Waals surface area contributed by atoms with Crippen LogP contribution in [0.2, 0.25) is 0 Å². The summed E-state index contributed by atoms with van der Waals surface area (Å²) in [7, 11) is -0.897. The van der Waals surface area contributed by atoms with Crippen LogP contribution in [0, 0.1) is 0 Å². The third kappa shape index (κ3) is 1.44. The second-order valence-electron chi connectivity index (χ2n) is 3.00. The molecule has 13 heavy (non-hydrogen) atoms. The Morgan fingerprint density at radius 3 is 2.31 bits per heavy atom. The lowest BCUT2D eigenvalue weighted by molar-refractivity contribution is 0.426. The largest absolute Gasteiger partial charge is 0.948 e. The first-order valence-electron chi connectivity index (χ1n) is 4.19. The number of benzene rings is 2. The van der Waals surface area contributed by atoms with Gasteiger partial charge in [0.25, 0.3) is 0 Å². The second kappa shape index (κ2) is 3.20. The molecule has 0 heterocycles. The van der Waals surface area contributed by atoms with Gasteiger partial charge in [-0.1, -0.05) is 36.4 Å². The molecule has 2 rings (SSSR count). The van der Waals surface area contributed by atoms with E-state index >= 15 is 0 Å². The van der Waals surface area contributed by atoms with E-state index < -0.39 is 7.12 Å². The fourth-order valence-electron chi connectivity index (χ4n) is 1.50. The molecule has 0 spiro atoms. The standard InChI is InChI=1S/C10H9BO2/c12-11(13)10-7-3-5-8-4-1-2-6-9(8)10/h1-7,12-13H/p+2. The molecule has 3 heteroatoms. The van der Waals surface area contributed by atoms with E-state index in [4.69, 9.17) is 10.0 Å². The summed E-state index contributed by atoms with van der Waals surface area (Å²) in [5.74, 6) is 0. The molecule has 64 valence electrons. The molecule has 0 fully saturated rings. The summed E-state index contributed by atoms with van der Waals surface area (Å²) in [6, 6.07) is 13.6. The molecule has 2 nitrogen and oxygen atoms in total. The summed E-state index contributed by atoms with van der Waals surface area (Å²) in [6.07, 6.45) is 0. The van der Waals surface area contributed by atoms with Gasteiger partial charge in [0, 0.05) is 0 Å². The van der Waals surface area contributed by atoms with E-state index in [0.29, 0.717) is 0 Å². The summed E-state index contributed by atoms with van der Waals surface area (Å²) in [6.45, 7) is 0. The minimum absolute atomic E-state index is 0.776. The van der Waals surface area contributed by atoms with Crippen LogP contribution >= 0.6 is 0 Å². The van der Waals surface area contributed by atoms with Gasteiger partial charge in [0.05, 0.1) is 0 Å². The van der Waals surface area contributed by atoms with Crippen molar-refractivity contribution in [2.24, 2.45) is 0 Å². The lowest BCUT2D eigenvalue weighted by Crippen LogP contribution is -2.30. The Kier molecular flexibility index (Phi) is 2.04. The zero-order valence-corrected chi connectivity index (χ0v) is 7.12. The van der Waals surface area contributed by atoms with E-state index in [1.165, 1.54) is 0 Å². The van der Waals surface area contributed by atoms with Gasteiger partial charge in [-0.15, -0.1) is 0 Å². The minimum Gasteiger partial charge on any atom is -0.470 e. The van der Waals surface area contributed by atoms with Crippen LogP contribution in [0.15, 0.2) is 42.5 Å². The summed E-state index contributed by atoms with van der Waals surface area (Å²) in [4.78, 5) is 0. The Morgan fingerprint density at radius 2 is 1.54 bits per heavy atom. The molecule has 0 amide bonds. The van der Waals surface area contributed by atoms with Gasteiger partial charge in [0.2, 0.25) is 0 Å². The quantitative estimate of drug-likeness (QED) is 0.431. The lowest BCUT2D eigenvalue weighted by atomic mass is 9.77. The predicted molar refractivity (Wildman–Crippen MR) is 56.6 cm³/mol. The summed E-state index contributed by atoms with van der Waals surface area (Å²) in [5.41, 5.74) is 0.776. The van der Waals surface area contributed by atoms with Crippen LogP contribution in [0.5, 0.6) is 0 Å². The third-order valence-electron chi connectivity index (χ3n) is 2.13. The minimum atomic E-state index is -0.897. The van der Waals surface area contributed by atoms with Gasteiger partial charge >= 0.3 is 7.12 Å². The summed E-state index contributed by atoms with van der Waals surface area (Å²) < 4.78 is 0. The molecule has 0 bridgehead atoms. The van der Waals surface area contributed by atoms with Gasteiger partial charge < -0.3 is 10.0 Å². The van der Waals surface area contributed by atoms with Crippen molar-refractivity contribution in [1.82, 2.24) is 0 Å². The monoisotopic (exact) mass is 174 g/mol. The Balaban J connectivity index is 2.76. The van der Waals surface area contributed by atoms with E-state index in [9.17, 15) is 0 Å². The molecular formula is C10H11BO2+2. The zero-order valence-electron chi connectivity index (χ0n) is 7.12. The summed E-state index contributed by atoms with van der Waals surface area (Å²) >= 11 is 0. The van der Waals surface area contributed by atoms with Crippen LogP contribution in [-0.2, 0) is 0 Å². The second-order valence-corrected chi connectivity index (χ2v) is 3.00. The van der Waals surface area contributed by atoms with Crippen molar-refractivity contribution in [3.05, 3.63) is 42.5 Å². The van der Waals surface area contributed by atoms with Gasteiger partial charge in [0.15, 0.2) is 0 Å². The SMILES string of the molecule is [OH2+]B([OH2+])c1cccc2ccccc12. The third-order valence-corrected chi connectivity index (χ3v) is 2.13. The van der Waals surface area contributed by atoms with Crippen molar-refractivity contribution in [2.75, 3.05) is 0 Å². The molecule has 0 aliphatic heterocycles. The van der Waals surface area contributed by atoms with E-state index in [1.54, 1.807) is 0 Å². The lowest BCUT2D eigenvalue weighted by Gasteiger charge is -1.97. The Hall–Kier alpha value is -1.32. The van der Waals surface area contributed by atoms with Gasteiger partial charge in [-0.25, -0.2) is 0 Å².